The van der Waals surface area contributed by atoms with E-state index in [1.165, 1.54) is 0 Å². The minimum Gasteiger partial charge on any atom is -0.473 e. The third-order valence-electron chi connectivity index (χ3n) is 2.01. The minimum atomic E-state index is -0.210. The van der Waals surface area contributed by atoms with Crippen LogP contribution in [0.4, 0.5) is 5.69 Å². The Morgan fingerprint density at radius 2 is 2.31 bits per heavy atom. The predicted molar refractivity (Wildman–Crippen MR) is 63.3 cm³/mol. The summed E-state index contributed by atoms with van der Waals surface area (Å²) >= 11 is 0. The van der Waals surface area contributed by atoms with Crippen molar-refractivity contribution in [2.75, 3.05) is 5.32 Å². The van der Waals surface area contributed by atoms with Gasteiger partial charge >= 0.3 is 0 Å². The van der Waals surface area contributed by atoms with Crippen molar-refractivity contribution in [2.45, 2.75) is 39.3 Å². The molecule has 1 aromatic heterocycles. The number of pyridine rings is 1. The Hall–Kier alpha value is -1.76. The highest BCUT2D eigenvalue weighted by molar-refractivity contribution is 5.53. The fourth-order valence-electron chi connectivity index (χ4n) is 1.23. The highest BCUT2D eigenvalue weighted by Gasteiger charge is 2.10. The van der Waals surface area contributed by atoms with E-state index < -0.39 is 0 Å². The van der Waals surface area contributed by atoms with Crippen molar-refractivity contribution in [2.24, 2.45) is 0 Å². The number of nitrogens with one attached hydrogen (secondary N) is 1. The minimum absolute atomic E-state index is 0.0672. The number of anilines is 1. The van der Waals surface area contributed by atoms with Crippen LogP contribution in [0, 0.1) is 11.3 Å². The van der Waals surface area contributed by atoms with Crippen molar-refractivity contribution >= 4 is 5.69 Å². The van der Waals surface area contributed by atoms with Crippen LogP contribution in [0.2, 0.25) is 0 Å². The molecule has 0 saturated heterocycles. The molecule has 1 N–H and O–H groups in total. The van der Waals surface area contributed by atoms with Gasteiger partial charge in [0.1, 0.15) is 6.04 Å². The number of nitriles is 1. The van der Waals surface area contributed by atoms with E-state index in [1.54, 1.807) is 6.20 Å². The maximum atomic E-state index is 8.89. The molecule has 0 fully saturated rings. The van der Waals surface area contributed by atoms with Gasteiger partial charge in [0.2, 0.25) is 5.88 Å². The average Bonchev–Trinajstić information content (AvgIpc) is 2.27. The highest BCUT2D eigenvalue weighted by atomic mass is 16.5. The van der Waals surface area contributed by atoms with E-state index in [2.05, 4.69) is 16.4 Å². The molecule has 1 aromatic rings. The molecule has 1 atom stereocenters. The SMILES string of the molecule is CCC(C#N)Nc1cccnc1OC(C)C. The number of hydrogen-bond donors (Lipinski definition) is 1. The van der Waals surface area contributed by atoms with E-state index in [0.717, 1.165) is 12.1 Å². The average molecular weight is 219 g/mol. The van der Waals surface area contributed by atoms with Gasteiger partial charge in [-0.25, -0.2) is 4.98 Å². The fourth-order valence-corrected chi connectivity index (χ4v) is 1.23. The summed E-state index contributed by atoms with van der Waals surface area (Å²) in [6.07, 6.45) is 2.49. The molecule has 4 nitrogen and oxygen atoms in total. The summed E-state index contributed by atoms with van der Waals surface area (Å²) in [7, 11) is 0. The molecule has 16 heavy (non-hydrogen) atoms. The lowest BCUT2D eigenvalue weighted by Crippen LogP contribution is -2.17. The van der Waals surface area contributed by atoms with E-state index >= 15 is 0 Å². The Balaban J connectivity index is 2.82. The predicted octanol–water partition coefficient (Wildman–Crippen LogP) is 2.58. The lowest BCUT2D eigenvalue weighted by atomic mass is 10.2. The van der Waals surface area contributed by atoms with Crippen molar-refractivity contribution in [1.82, 2.24) is 4.98 Å². The molecule has 0 aliphatic rings. The summed E-state index contributed by atoms with van der Waals surface area (Å²) in [6.45, 7) is 5.85. The van der Waals surface area contributed by atoms with Gasteiger partial charge in [-0.3, -0.25) is 0 Å². The molecule has 86 valence electrons. The van der Waals surface area contributed by atoms with Crippen LogP contribution in [0.5, 0.6) is 5.88 Å². The normalized spacial score (nSPS) is 11.9. The van der Waals surface area contributed by atoms with Crippen molar-refractivity contribution in [1.29, 1.82) is 5.26 Å². The highest BCUT2D eigenvalue weighted by Crippen LogP contribution is 2.22. The standard InChI is InChI=1S/C12H17N3O/c1-4-10(8-13)15-11-6-5-7-14-12(11)16-9(2)3/h5-7,9-10,15H,4H2,1-3H3. The Morgan fingerprint density at radius 3 is 2.88 bits per heavy atom. The lowest BCUT2D eigenvalue weighted by Gasteiger charge is -2.16. The van der Waals surface area contributed by atoms with Crippen LogP contribution in [-0.4, -0.2) is 17.1 Å². The molecule has 0 aliphatic heterocycles. The molecule has 0 amide bonds. The molecule has 1 rings (SSSR count). The maximum Gasteiger partial charge on any atom is 0.237 e. The summed E-state index contributed by atoms with van der Waals surface area (Å²) in [4.78, 5) is 4.15. The van der Waals surface area contributed by atoms with Crippen LogP contribution in [0.25, 0.3) is 0 Å². The monoisotopic (exact) mass is 219 g/mol. The van der Waals surface area contributed by atoms with E-state index in [4.69, 9.17) is 10.00 Å². The fraction of sp³-hybridized carbons (Fsp3) is 0.500. The first-order valence-electron chi connectivity index (χ1n) is 5.45. The first-order chi connectivity index (χ1) is 7.67. The molecular formula is C12H17N3O. The quantitative estimate of drug-likeness (QED) is 0.826. The summed E-state index contributed by atoms with van der Waals surface area (Å²) < 4.78 is 5.55. The number of nitrogens with zero attached hydrogens (tertiary/aromatic N) is 2. The van der Waals surface area contributed by atoms with Gasteiger partial charge in [0, 0.05) is 6.20 Å². The van der Waals surface area contributed by atoms with Crippen molar-refractivity contribution in [3.05, 3.63) is 18.3 Å². The first kappa shape index (κ1) is 12.3. The molecule has 0 saturated carbocycles. The summed E-state index contributed by atoms with van der Waals surface area (Å²) in [5.74, 6) is 0.547. The van der Waals surface area contributed by atoms with Crippen LogP contribution < -0.4 is 10.1 Å². The van der Waals surface area contributed by atoms with Crippen molar-refractivity contribution < 1.29 is 4.74 Å². The molecular weight excluding hydrogens is 202 g/mol. The molecule has 4 heteroatoms. The van der Waals surface area contributed by atoms with Crippen LogP contribution in [0.3, 0.4) is 0 Å². The Labute approximate surface area is 96.3 Å². The molecule has 0 aliphatic carbocycles. The van der Waals surface area contributed by atoms with E-state index in [-0.39, 0.29) is 12.1 Å². The van der Waals surface area contributed by atoms with Gasteiger partial charge in [0.05, 0.1) is 17.9 Å². The summed E-state index contributed by atoms with van der Waals surface area (Å²) in [5, 5.41) is 12.0. The van der Waals surface area contributed by atoms with Gasteiger partial charge in [-0.1, -0.05) is 6.92 Å². The van der Waals surface area contributed by atoms with Gasteiger partial charge < -0.3 is 10.1 Å². The second kappa shape index (κ2) is 5.96. The Bertz CT molecular complexity index is 371. The van der Waals surface area contributed by atoms with Crippen molar-refractivity contribution in [3.8, 4) is 11.9 Å². The Morgan fingerprint density at radius 1 is 1.56 bits per heavy atom. The topological polar surface area (TPSA) is 57.9 Å². The van der Waals surface area contributed by atoms with Crippen LogP contribution >= 0.6 is 0 Å². The molecule has 0 aromatic carbocycles. The van der Waals surface area contributed by atoms with E-state index in [0.29, 0.717) is 5.88 Å². The van der Waals surface area contributed by atoms with Gasteiger partial charge in [-0.15, -0.1) is 0 Å². The third-order valence-corrected chi connectivity index (χ3v) is 2.01. The maximum absolute atomic E-state index is 8.89. The molecule has 1 heterocycles. The molecule has 0 radical (unpaired) electrons. The van der Waals surface area contributed by atoms with E-state index in [1.807, 2.05) is 32.9 Å². The lowest BCUT2D eigenvalue weighted by molar-refractivity contribution is 0.234. The van der Waals surface area contributed by atoms with Gasteiger partial charge in [0.25, 0.3) is 0 Å². The van der Waals surface area contributed by atoms with Crippen LogP contribution in [0.15, 0.2) is 18.3 Å². The zero-order valence-corrected chi connectivity index (χ0v) is 9.90. The van der Waals surface area contributed by atoms with Crippen LogP contribution in [-0.2, 0) is 0 Å². The molecule has 0 bridgehead atoms. The second-order valence-electron chi connectivity index (χ2n) is 3.76. The number of ether oxygens (including phenoxy) is 1. The smallest absolute Gasteiger partial charge is 0.237 e. The zero-order valence-electron chi connectivity index (χ0n) is 9.90. The largest absolute Gasteiger partial charge is 0.473 e. The third kappa shape index (κ3) is 3.43. The van der Waals surface area contributed by atoms with Gasteiger partial charge in [-0.05, 0) is 32.4 Å². The summed E-state index contributed by atoms with van der Waals surface area (Å²) in [5.41, 5.74) is 0.768. The zero-order chi connectivity index (χ0) is 12.0. The molecule has 1 unspecified atom stereocenters. The van der Waals surface area contributed by atoms with Crippen molar-refractivity contribution in [3.63, 3.8) is 0 Å². The molecule has 0 spiro atoms. The summed E-state index contributed by atoms with van der Waals surface area (Å²) in [6, 6.07) is 5.66. The van der Waals surface area contributed by atoms with Crippen LogP contribution in [0.1, 0.15) is 27.2 Å². The second-order valence-corrected chi connectivity index (χ2v) is 3.76. The van der Waals surface area contributed by atoms with Gasteiger partial charge in [0.15, 0.2) is 0 Å². The number of rotatable bonds is 5. The van der Waals surface area contributed by atoms with E-state index in [9.17, 15) is 0 Å². The number of aromatic nitrogens is 1. The number of hydrogen-bond acceptors (Lipinski definition) is 4. The first-order valence-corrected chi connectivity index (χ1v) is 5.45. The van der Waals surface area contributed by atoms with Gasteiger partial charge in [-0.2, -0.15) is 5.26 Å². The Kier molecular flexibility index (Phi) is 4.59.